The summed E-state index contributed by atoms with van der Waals surface area (Å²) in [6.07, 6.45) is 7.66. The molecule has 0 aliphatic heterocycles. The number of nitrogens with two attached hydrogens (primary N) is 1. The van der Waals surface area contributed by atoms with Crippen molar-refractivity contribution in [3.05, 3.63) is 0 Å². The molecule has 1 aliphatic carbocycles. The summed E-state index contributed by atoms with van der Waals surface area (Å²) in [5.41, 5.74) is 6.43. The molecule has 0 unspecified atom stereocenters. The average Bonchev–Trinajstić information content (AvgIpc) is 2.35. The molecule has 0 saturated heterocycles. The van der Waals surface area contributed by atoms with Crippen LogP contribution in [0.4, 0.5) is 0 Å². The number of hydrogen-bond acceptors (Lipinski definition) is 2. The maximum absolute atomic E-state index is 6.23. The first-order valence-corrected chi connectivity index (χ1v) is 5.06. The van der Waals surface area contributed by atoms with Gasteiger partial charge in [0.05, 0.1) is 0 Å². The fourth-order valence-corrected chi connectivity index (χ4v) is 2.08. The molecule has 2 nitrogen and oxygen atoms in total. The minimum absolute atomic E-state index is 0.204. The number of hydrogen-bond donors (Lipinski definition) is 1. The van der Waals surface area contributed by atoms with E-state index in [1.54, 1.807) is 0 Å². The van der Waals surface area contributed by atoms with Gasteiger partial charge in [-0.3, -0.25) is 0 Å². The first-order chi connectivity index (χ1) is 5.62. The van der Waals surface area contributed by atoms with Crippen LogP contribution in [-0.4, -0.2) is 31.1 Å². The molecular weight excluding hydrogens is 148 g/mol. The zero-order valence-electron chi connectivity index (χ0n) is 8.47. The van der Waals surface area contributed by atoms with Crippen LogP contribution in [0.3, 0.4) is 0 Å². The van der Waals surface area contributed by atoms with Crippen molar-refractivity contribution in [2.45, 2.75) is 44.1 Å². The van der Waals surface area contributed by atoms with E-state index < -0.39 is 0 Å². The van der Waals surface area contributed by atoms with Gasteiger partial charge in [0.25, 0.3) is 0 Å². The SMILES string of the molecule is CN(C)CCCC1(N)CCCC1. The fourth-order valence-electron chi connectivity index (χ4n) is 2.08. The van der Waals surface area contributed by atoms with Crippen LogP contribution in [-0.2, 0) is 0 Å². The van der Waals surface area contributed by atoms with Crippen LogP contribution in [0, 0.1) is 0 Å². The van der Waals surface area contributed by atoms with E-state index in [2.05, 4.69) is 19.0 Å². The summed E-state index contributed by atoms with van der Waals surface area (Å²) in [6, 6.07) is 0. The molecule has 0 aromatic heterocycles. The van der Waals surface area contributed by atoms with Crippen LogP contribution in [0.2, 0.25) is 0 Å². The molecule has 72 valence electrons. The lowest BCUT2D eigenvalue weighted by Crippen LogP contribution is -2.36. The molecule has 1 saturated carbocycles. The van der Waals surface area contributed by atoms with E-state index in [4.69, 9.17) is 5.73 Å². The van der Waals surface area contributed by atoms with Crippen LogP contribution < -0.4 is 5.73 Å². The van der Waals surface area contributed by atoms with E-state index in [-0.39, 0.29) is 5.54 Å². The normalized spacial score (nSPS) is 22.0. The van der Waals surface area contributed by atoms with E-state index >= 15 is 0 Å². The second-order valence-corrected chi connectivity index (χ2v) is 4.48. The standard InChI is InChI=1S/C10H22N2/c1-12(2)9-5-8-10(11)6-3-4-7-10/h3-9,11H2,1-2H3. The summed E-state index contributed by atoms with van der Waals surface area (Å²) in [7, 11) is 4.25. The van der Waals surface area contributed by atoms with Gasteiger partial charge < -0.3 is 10.6 Å². The van der Waals surface area contributed by atoms with E-state index in [1.165, 1.54) is 45.1 Å². The first kappa shape index (κ1) is 10.0. The molecule has 0 aromatic carbocycles. The van der Waals surface area contributed by atoms with Crippen molar-refractivity contribution < 1.29 is 0 Å². The molecule has 0 heterocycles. The maximum atomic E-state index is 6.23. The van der Waals surface area contributed by atoms with Crippen LogP contribution in [0.1, 0.15) is 38.5 Å². The van der Waals surface area contributed by atoms with Gasteiger partial charge in [0.1, 0.15) is 0 Å². The lowest BCUT2D eigenvalue weighted by Gasteiger charge is -2.24. The molecule has 0 amide bonds. The Bertz CT molecular complexity index is 126. The largest absolute Gasteiger partial charge is 0.325 e. The van der Waals surface area contributed by atoms with Crippen molar-refractivity contribution in [3.63, 3.8) is 0 Å². The minimum Gasteiger partial charge on any atom is -0.325 e. The second-order valence-electron chi connectivity index (χ2n) is 4.48. The predicted octanol–water partition coefficient (Wildman–Crippen LogP) is 1.60. The third-order valence-electron chi connectivity index (χ3n) is 2.88. The van der Waals surface area contributed by atoms with E-state index in [0.717, 1.165) is 0 Å². The Morgan fingerprint density at radius 2 is 1.83 bits per heavy atom. The minimum atomic E-state index is 0.204. The molecule has 0 aromatic rings. The monoisotopic (exact) mass is 170 g/mol. The van der Waals surface area contributed by atoms with Crippen molar-refractivity contribution in [1.82, 2.24) is 4.90 Å². The Balaban J connectivity index is 2.13. The van der Waals surface area contributed by atoms with Gasteiger partial charge in [-0.2, -0.15) is 0 Å². The molecule has 1 aliphatic rings. The summed E-state index contributed by atoms with van der Waals surface area (Å²) in [5, 5.41) is 0. The molecule has 2 heteroatoms. The van der Waals surface area contributed by atoms with Gasteiger partial charge in [0, 0.05) is 5.54 Å². The summed E-state index contributed by atoms with van der Waals surface area (Å²) < 4.78 is 0. The van der Waals surface area contributed by atoms with E-state index in [9.17, 15) is 0 Å². The highest BCUT2D eigenvalue weighted by Crippen LogP contribution is 2.30. The molecule has 1 rings (SSSR count). The predicted molar refractivity (Wildman–Crippen MR) is 53.2 cm³/mol. The number of nitrogens with zero attached hydrogens (tertiary/aromatic N) is 1. The van der Waals surface area contributed by atoms with Crippen molar-refractivity contribution >= 4 is 0 Å². The Hall–Kier alpha value is -0.0800. The van der Waals surface area contributed by atoms with Crippen LogP contribution >= 0.6 is 0 Å². The van der Waals surface area contributed by atoms with Crippen molar-refractivity contribution in [1.29, 1.82) is 0 Å². The van der Waals surface area contributed by atoms with Gasteiger partial charge in [-0.15, -0.1) is 0 Å². The van der Waals surface area contributed by atoms with Crippen molar-refractivity contribution in [2.24, 2.45) is 5.73 Å². The van der Waals surface area contributed by atoms with Crippen LogP contribution in [0.25, 0.3) is 0 Å². The molecule has 1 fully saturated rings. The van der Waals surface area contributed by atoms with Gasteiger partial charge in [-0.25, -0.2) is 0 Å². The quantitative estimate of drug-likeness (QED) is 0.694. The maximum Gasteiger partial charge on any atom is 0.0154 e. The fraction of sp³-hybridized carbons (Fsp3) is 1.00. The Labute approximate surface area is 76.1 Å². The average molecular weight is 170 g/mol. The summed E-state index contributed by atoms with van der Waals surface area (Å²) in [4.78, 5) is 2.23. The number of rotatable bonds is 4. The molecule has 12 heavy (non-hydrogen) atoms. The highest BCUT2D eigenvalue weighted by molar-refractivity contribution is 4.88. The third kappa shape index (κ3) is 3.11. The van der Waals surface area contributed by atoms with E-state index in [1.807, 2.05) is 0 Å². The highest BCUT2D eigenvalue weighted by atomic mass is 15.0. The first-order valence-electron chi connectivity index (χ1n) is 5.06. The van der Waals surface area contributed by atoms with Gasteiger partial charge in [-0.05, 0) is 46.3 Å². The lowest BCUT2D eigenvalue weighted by molar-refractivity contribution is 0.337. The summed E-state index contributed by atoms with van der Waals surface area (Å²) in [5.74, 6) is 0. The zero-order chi connectivity index (χ0) is 9.03. The smallest absolute Gasteiger partial charge is 0.0154 e. The van der Waals surface area contributed by atoms with Crippen molar-refractivity contribution in [3.8, 4) is 0 Å². The van der Waals surface area contributed by atoms with Crippen molar-refractivity contribution in [2.75, 3.05) is 20.6 Å². The van der Waals surface area contributed by atoms with Crippen LogP contribution in [0.15, 0.2) is 0 Å². The summed E-state index contributed by atoms with van der Waals surface area (Å²) in [6.45, 7) is 1.18. The molecular formula is C10H22N2. The topological polar surface area (TPSA) is 29.3 Å². The summed E-state index contributed by atoms with van der Waals surface area (Å²) >= 11 is 0. The lowest BCUT2D eigenvalue weighted by atomic mass is 9.93. The zero-order valence-corrected chi connectivity index (χ0v) is 8.47. The molecule has 2 N–H and O–H groups in total. The molecule has 0 bridgehead atoms. The molecule has 0 atom stereocenters. The van der Waals surface area contributed by atoms with Gasteiger partial charge in [0.2, 0.25) is 0 Å². The molecule has 0 spiro atoms. The van der Waals surface area contributed by atoms with Gasteiger partial charge in [-0.1, -0.05) is 12.8 Å². The van der Waals surface area contributed by atoms with Gasteiger partial charge >= 0.3 is 0 Å². The van der Waals surface area contributed by atoms with Crippen LogP contribution in [0.5, 0.6) is 0 Å². The highest BCUT2D eigenvalue weighted by Gasteiger charge is 2.28. The Kier molecular flexibility index (Phi) is 3.53. The Morgan fingerprint density at radius 3 is 2.33 bits per heavy atom. The molecule has 0 radical (unpaired) electrons. The third-order valence-corrected chi connectivity index (χ3v) is 2.88. The van der Waals surface area contributed by atoms with Gasteiger partial charge in [0.15, 0.2) is 0 Å². The van der Waals surface area contributed by atoms with E-state index in [0.29, 0.717) is 0 Å². The second kappa shape index (κ2) is 4.24. The Morgan fingerprint density at radius 1 is 1.25 bits per heavy atom.